The highest BCUT2D eigenvalue weighted by Gasteiger charge is 2.24. The number of para-hydroxylation sites is 1. The number of nitrogens with zero attached hydrogens (tertiary/aromatic N) is 1. The summed E-state index contributed by atoms with van der Waals surface area (Å²) in [4.78, 5) is 2.10. The third kappa shape index (κ3) is 3.25. The summed E-state index contributed by atoms with van der Waals surface area (Å²) in [6, 6.07) is 4.99. The summed E-state index contributed by atoms with van der Waals surface area (Å²) in [5, 5.41) is 0. The lowest BCUT2D eigenvalue weighted by molar-refractivity contribution is 0.0458. The minimum Gasteiger partial charge on any atom is -0.378 e. The molecule has 1 aliphatic rings. The summed E-state index contributed by atoms with van der Waals surface area (Å²) in [6.07, 6.45) is 2.20. The van der Waals surface area contributed by atoms with Crippen LogP contribution < -0.4 is 10.6 Å². The minimum absolute atomic E-state index is 0.157. The fourth-order valence-electron chi connectivity index (χ4n) is 2.71. The van der Waals surface area contributed by atoms with E-state index in [0.717, 1.165) is 38.1 Å². The van der Waals surface area contributed by atoms with Gasteiger partial charge >= 0.3 is 0 Å². The summed E-state index contributed by atoms with van der Waals surface area (Å²) in [5.74, 6) is -0.176. The van der Waals surface area contributed by atoms with E-state index in [9.17, 15) is 4.39 Å². The molecule has 2 rings (SSSR count). The van der Waals surface area contributed by atoms with Gasteiger partial charge in [-0.3, -0.25) is 0 Å². The van der Waals surface area contributed by atoms with Crippen molar-refractivity contribution in [2.75, 3.05) is 24.6 Å². The molecule has 1 aromatic rings. The second-order valence-electron chi connectivity index (χ2n) is 5.11. The van der Waals surface area contributed by atoms with E-state index in [1.54, 1.807) is 6.07 Å². The Labute approximate surface area is 114 Å². The summed E-state index contributed by atoms with van der Waals surface area (Å²) < 4.78 is 19.7. The van der Waals surface area contributed by atoms with Crippen LogP contribution in [0.15, 0.2) is 18.2 Å². The Hall–Kier alpha value is -1.13. The van der Waals surface area contributed by atoms with Gasteiger partial charge in [0.2, 0.25) is 0 Å². The van der Waals surface area contributed by atoms with Gasteiger partial charge in [-0.05, 0) is 38.3 Å². The number of piperidine rings is 1. The lowest BCUT2D eigenvalue weighted by Crippen LogP contribution is -2.38. The molecule has 19 heavy (non-hydrogen) atoms. The van der Waals surface area contributed by atoms with Gasteiger partial charge in [-0.1, -0.05) is 12.1 Å². The first kappa shape index (κ1) is 14.3. The average Bonchev–Trinajstić information content (AvgIpc) is 2.40. The molecule has 2 N–H and O–H groups in total. The minimum atomic E-state index is -0.176. The van der Waals surface area contributed by atoms with Gasteiger partial charge in [0.25, 0.3) is 0 Å². The number of benzene rings is 1. The molecule has 0 amide bonds. The number of nitrogens with two attached hydrogens (primary N) is 1. The fourth-order valence-corrected chi connectivity index (χ4v) is 2.71. The molecule has 1 aliphatic heterocycles. The SMILES string of the molecule is CCOC1CCN(c2c(F)cccc2C(C)N)CC1. The first-order valence-corrected chi connectivity index (χ1v) is 7.04. The van der Waals surface area contributed by atoms with Gasteiger partial charge in [-0.15, -0.1) is 0 Å². The van der Waals surface area contributed by atoms with Gasteiger partial charge in [-0.25, -0.2) is 4.39 Å². The van der Waals surface area contributed by atoms with Crippen molar-refractivity contribution in [3.05, 3.63) is 29.6 Å². The van der Waals surface area contributed by atoms with E-state index in [0.29, 0.717) is 11.8 Å². The van der Waals surface area contributed by atoms with E-state index in [2.05, 4.69) is 4.90 Å². The molecule has 1 atom stereocenters. The van der Waals surface area contributed by atoms with Gasteiger partial charge in [0.05, 0.1) is 11.8 Å². The zero-order valence-corrected chi connectivity index (χ0v) is 11.7. The van der Waals surface area contributed by atoms with Crippen molar-refractivity contribution >= 4 is 5.69 Å². The van der Waals surface area contributed by atoms with Crippen molar-refractivity contribution in [3.63, 3.8) is 0 Å². The van der Waals surface area contributed by atoms with Crippen molar-refractivity contribution in [2.45, 2.75) is 38.8 Å². The predicted octanol–water partition coefficient (Wildman–Crippen LogP) is 2.85. The van der Waals surface area contributed by atoms with Crippen LogP contribution in [0.25, 0.3) is 0 Å². The molecular formula is C15H23FN2O. The maximum Gasteiger partial charge on any atom is 0.146 e. The van der Waals surface area contributed by atoms with Crippen molar-refractivity contribution in [3.8, 4) is 0 Å². The molecule has 1 unspecified atom stereocenters. The van der Waals surface area contributed by atoms with Gasteiger partial charge in [0.1, 0.15) is 5.82 Å². The Kier molecular flexibility index (Phi) is 4.77. The predicted molar refractivity (Wildman–Crippen MR) is 75.9 cm³/mol. The molecule has 106 valence electrons. The first-order chi connectivity index (χ1) is 9.13. The van der Waals surface area contributed by atoms with Crippen LogP contribution in [-0.4, -0.2) is 25.8 Å². The number of hydrogen-bond acceptors (Lipinski definition) is 3. The maximum absolute atomic E-state index is 14.1. The number of rotatable bonds is 4. The van der Waals surface area contributed by atoms with Gasteiger partial charge in [0.15, 0.2) is 0 Å². The molecule has 3 nitrogen and oxygen atoms in total. The third-order valence-electron chi connectivity index (χ3n) is 3.67. The molecule has 0 bridgehead atoms. The maximum atomic E-state index is 14.1. The Morgan fingerprint density at radius 1 is 1.42 bits per heavy atom. The Morgan fingerprint density at radius 2 is 2.11 bits per heavy atom. The topological polar surface area (TPSA) is 38.5 Å². The normalized spacial score (nSPS) is 18.6. The van der Waals surface area contributed by atoms with Gasteiger partial charge in [0, 0.05) is 25.7 Å². The van der Waals surface area contributed by atoms with E-state index >= 15 is 0 Å². The Morgan fingerprint density at radius 3 is 2.68 bits per heavy atom. The van der Waals surface area contributed by atoms with Crippen LogP contribution in [0.5, 0.6) is 0 Å². The Bertz CT molecular complexity index is 415. The first-order valence-electron chi connectivity index (χ1n) is 7.04. The molecule has 1 fully saturated rings. The van der Waals surface area contributed by atoms with Crippen molar-refractivity contribution in [2.24, 2.45) is 5.73 Å². The molecule has 0 aromatic heterocycles. The van der Waals surface area contributed by atoms with Crippen LogP contribution in [0.1, 0.15) is 38.3 Å². The van der Waals surface area contributed by atoms with E-state index in [-0.39, 0.29) is 11.9 Å². The average molecular weight is 266 g/mol. The van der Waals surface area contributed by atoms with Gasteiger partial charge in [-0.2, -0.15) is 0 Å². The molecule has 0 aliphatic carbocycles. The van der Waals surface area contributed by atoms with Crippen LogP contribution in [0, 0.1) is 5.82 Å². The highest BCUT2D eigenvalue weighted by Crippen LogP contribution is 2.31. The number of hydrogen-bond donors (Lipinski definition) is 1. The second kappa shape index (κ2) is 6.35. The van der Waals surface area contributed by atoms with Crippen LogP contribution in [-0.2, 0) is 4.74 Å². The number of ether oxygens (including phenoxy) is 1. The molecule has 0 radical (unpaired) electrons. The largest absolute Gasteiger partial charge is 0.378 e. The molecule has 1 heterocycles. The van der Waals surface area contributed by atoms with E-state index < -0.39 is 0 Å². The van der Waals surface area contributed by atoms with E-state index in [4.69, 9.17) is 10.5 Å². The zero-order valence-electron chi connectivity index (χ0n) is 11.7. The highest BCUT2D eigenvalue weighted by atomic mass is 19.1. The Balaban J connectivity index is 2.15. The van der Waals surface area contributed by atoms with Crippen LogP contribution >= 0.6 is 0 Å². The molecule has 0 spiro atoms. The van der Waals surface area contributed by atoms with E-state index in [1.165, 1.54) is 6.07 Å². The van der Waals surface area contributed by atoms with Crippen LogP contribution in [0.3, 0.4) is 0 Å². The van der Waals surface area contributed by atoms with E-state index in [1.807, 2.05) is 19.9 Å². The summed E-state index contributed by atoms with van der Waals surface area (Å²) in [6.45, 7) is 6.30. The summed E-state index contributed by atoms with van der Waals surface area (Å²) in [7, 11) is 0. The molecule has 1 aromatic carbocycles. The summed E-state index contributed by atoms with van der Waals surface area (Å²) >= 11 is 0. The number of anilines is 1. The molecular weight excluding hydrogens is 243 g/mol. The summed E-state index contributed by atoms with van der Waals surface area (Å²) in [5.41, 5.74) is 7.50. The quantitative estimate of drug-likeness (QED) is 0.910. The molecule has 4 heteroatoms. The van der Waals surface area contributed by atoms with Gasteiger partial charge < -0.3 is 15.4 Å². The monoisotopic (exact) mass is 266 g/mol. The van der Waals surface area contributed by atoms with Crippen molar-refractivity contribution in [1.82, 2.24) is 0 Å². The standard InChI is InChI=1S/C15H23FN2O/c1-3-19-12-7-9-18(10-8-12)15-13(11(2)17)5-4-6-14(15)16/h4-6,11-12H,3,7-10,17H2,1-2H3. The second-order valence-corrected chi connectivity index (χ2v) is 5.11. The third-order valence-corrected chi connectivity index (χ3v) is 3.67. The van der Waals surface area contributed by atoms with Crippen LogP contribution in [0.2, 0.25) is 0 Å². The van der Waals surface area contributed by atoms with Crippen LogP contribution in [0.4, 0.5) is 10.1 Å². The highest BCUT2D eigenvalue weighted by molar-refractivity contribution is 5.56. The molecule has 0 saturated carbocycles. The smallest absolute Gasteiger partial charge is 0.146 e. The number of halogens is 1. The van der Waals surface area contributed by atoms with Crippen molar-refractivity contribution in [1.29, 1.82) is 0 Å². The fraction of sp³-hybridized carbons (Fsp3) is 0.600. The molecule has 1 saturated heterocycles. The van der Waals surface area contributed by atoms with Crippen molar-refractivity contribution < 1.29 is 9.13 Å². The zero-order chi connectivity index (χ0) is 13.8. The lowest BCUT2D eigenvalue weighted by Gasteiger charge is -2.35. The lowest BCUT2D eigenvalue weighted by atomic mass is 10.0.